The maximum absolute atomic E-state index is 12.3. The van der Waals surface area contributed by atoms with Crippen LogP contribution in [0.2, 0.25) is 5.02 Å². The Hall–Kier alpha value is -2.07. The van der Waals surface area contributed by atoms with E-state index in [4.69, 9.17) is 11.6 Å². The minimum absolute atomic E-state index is 0.217. The molecule has 1 aromatic heterocycles. The van der Waals surface area contributed by atoms with Crippen LogP contribution in [-0.4, -0.2) is 15.5 Å². The number of pyridine rings is 1. The van der Waals surface area contributed by atoms with E-state index in [0.717, 1.165) is 0 Å². The summed E-state index contributed by atoms with van der Waals surface area (Å²) >= 11 is 5.90. The van der Waals surface area contributed by atoms with Crippen molar-refractivity contribution < 1.29 is 9.90 Å². The second kappa shape index (κ2) is 4.90. The van der Waals surface area contributed by atoms with Crippen LogP contribution in [0.3, 0.4) is 0 Å². The molecule has 2 rings (SSSR count). The molecule has 0 spiro atoms. The zero-order valence-corrected chi connectivity index (χ0v) is 11.2. The summed E-state index contributed by atoms with van der Waals surface area (Å²) in [6, 6.07) is 8.12. The van der Waals surface area contributed by atoms with E-state index < -0.39 is 11.3 Å². The van der Waals surface area contributed by atoms with Crippen LogP contribution in [0.25, 0.3) is 5.69 Å². The number of hydrogen-bond donors (Lipinski definition) is 1. The highest BCUT2D eigenvalue weighted by Crippen LogP contribution is 2.20. The number of benzene rings is 1. The van der Waals surface area contributed by atoms with Gasteiger partial charge in [-0.1, -0.05) is 17.7 Å². The predicted octanol–water partition coefficient (Wildman–Crippen LogP) is 2.71. The fourth-order valence-corrected chi connectivity index (χ4v) is 2.17. The molecule has 0 amide bonds. The van der Waals surface area contributed by atoms with Gasteiger partial charge in [0.2, 0.25) is 0 Å². The normalized spacial score (nSPS) is 10.5. The van der Waals surface area contributed by atoms with Crippen LogP contribution in [0.1, 0.15) is 23.0 Å². The van der Waals surface area contributed by atoms with Gasteiger partial charge in [-0.05, 0) is 32.0 Å². The number of rotatable bonds is 2. The molecule has 2 aromatic rings. The first-order chi connectivity index (χ1) is 8.91. The van der Waals surface area contributed by atoms with Gasteiger partial charge in [0, 0.05) is 16.8 Å². The van der Waals surface area contributed by atoms with Gasteiger partial charge in [-0.25, -0.2) is 0 Å². The molecule has 0 fully saturated rings. The minimum Gasteiger partial charge on any atom is -0.507 e. The molecule has 1 aromatic carbocycles. The number of Topliss-reactive ketones (excluding diaryl/α,β-unsaturated/α-hetero) is 1. The van der Waals surface area contributed by atoms with Gasteiger partial charge in [0.25, 0.3) is 5.56 Å². The lowest BCUT2D eigenvalue weighted by Crippen LogP contribution is -2.26. The topological polar surface area (TPSA) is 59.3 Å². The SMILES string of the molecule is CC(=O)c1c(O)cc(C)n(-c2cccc(Cl)c2)c1=O. The second-order valence-electron chi connectivity index (χ2n) is 4.22. The molecule has 0 bridgehead atoms. The fraction of sp³-hybridized carbons (Fsp3) is 0.143. The lowest BCUT2D eigenvalue weighted by molar-refractivity contribution is 0.101. The van der Waals surface area contributed by atoms with E-state index in [1.165, 1.54) is 17.6 Å². The number of aryl methyl sites for hydroxylation is 1. The summed E-state index contributed by atoms with van der Waals surface area (Å²) in [6.07, 6.45) is 0. The molecule has 0 aliphatic carbocycles. The highest BCUT2D eigenvalue weighted by molar-refractivity contribution is 6.30. The molecule has 0 saturated heterocycles. The molecule has 0 saturated carbocycles. The van der Waals surface area contributed by atoms with E-state index >= 15 is 0 Å². The van der Waals surface area contributed by atoms with E-state index in [1.807, 2.05) is 0 Å². The minimum atomic E-state index is -0.549. The lowest BCUT2D eigenvalue weighted by atomic mass is 10.1. The third-order valence-corrected chi connectivity index (χ3v) is 3.02. The highest BCUT2D eigenvalue weighted by Gasteiger charge is 2.17. The molecule has 0 radical (unpaired) electrons. The summed E-state index contributed by atoms with van der Waals surface area (Å²) in [7, 11) is 0. The highest BCUT2D eigenvalue weighted by atomic mass is 35.5. The van der Waals surface area contributed by atoms with Gasteiger partial charge in [-0.15, -0.1) is 0 Å². The van der Waals surface area contributed by atoms with Crippen molar-refractivity contribution in [2.75, 3.05) is 0 Å². The Morgan fingerprint density at radius 2 is 2.00 bits per heavy atom. The Labute approximate surface area is 114 Å². The van der Waals surface area contributed by atoms with Crippen molar-refractivity contribution in [3.63, 3.8) is 0 Å². The van der Waals surface area contributed by atoms with E-state index in [1.54, 1.807) is 31.2 Å². The molecule has 0 atom stereocenters. The van der Waals surface area contributed by atoms with Crippen molar-refractivity contribution in [3.8, 4) is 11.4 Å². The summed E-state index contributed by atoms with van der Waals surface area (Å²) < 4.78 is 1.35. The molecule has 0 aliphatic rings. The van der Waals surface area contributed by atoms with Crippen molar-refractivity contribution in [3.05, 3.63) is 57.0 Å². The Morgan fingerprint density at radius 1 is 1.32 bits per heavy atom. The largest absolute Gasteiger partial charge is 0.507 e. The quantitative estimate of drug-likeness (QED) is 0.859. The van der Waals surface area contributed by atoms with E-state index in [0.29, 0.717) is 16.4 Å². The Bertz CT molecular complexity index is 719. The van der Waals surface area contributed by atoms with Gasteiger partial charge in [0.1, 0.15) is 11.3 Å². The third kappa shape index (κ3) is 2.39. The smallest absolute Gasteiger partial charge is 0.269 e. The van der Waals surface area contributed by atoms with Crippen LogP contribution in [0.4, 0.5) is 0 Å². The van der Waals surface area contributed by atoms with Crippen molar-refractivity contribution in [2.45, 2.75) is 13.8 Å². The zero-order valence-electron chi connectivity index (χ0n) is 10.5. The van der Waals surface area contributed by atoms with Crippen LogP contribution >= 0.6 is 11.6 Å². The molecule has 0 unspecified atom stereocenters. The first-order valence-electron chi connectivity index (χ1n) is 5.64. The van der Waals surface area contributed by atoms with Crippen LogP contribution in [0.5, 0.6) is 5.75 Å². The lowest BCUT2D eigenvalue weighted by Gasteiger charge is -2.12. The maximum atomic E-state index is 12.3. The molecule has 19 heavy (non-hydrogen) atoms. The van der Waals surface area contributed by atoms with Gasteiger partial charge in [-0.3, -0.25) is 14.2 Å². The van der Waals surface area contributed by atoms with Crippen LogP contribution in [0.15, 0.2) is 35.1 Å². The van der Waals surface area contributed by atoms with E-state index in [9.17, 15) is 14.7 Å². The molecule has 0 aliphatic heterocycles. The number of ketones is 1. The maximum Gasteiger partial charge on any atom is 0.269 e. The number of carbonyl (C=O) groups is 1. The van der Waals surface area contributed by atoms with Gasteiger partial charge >= 0.3 is 0 Å². The zero-order chi connectivity index (χ0) is 14.2. The molecule has 1 N–H and O–H groups in total. The van der Waals surface area contributed by atoms with Crippen molar-refractivity contribution in [1.29, 1.82) is 0 Å². The predicted molar refractivity (Wildman–Crippen MR) is 73.5 cm³/mol. The van der Waals surface area contributed by atoms with Gasteiger partial charge in [-0.2, -0.15) is 0 Å². The molecular weight excluding hydrogens is 266 g/mol. The first-order valence-corrected chi connectivity index (χ1v) is 6.02. The Balaban J connectivity index is 2.81. The summed E-state index contributed by atoms with van der Waals surface area (Å²) in [5, 5.41) is 10.2. The van der Waals surface area contributed by atoms with Gasteiger partial charge in [0.05, 0.1) is 5.69 Å². The number of nitrogens with zero attached hydrogens (tertiary/aromatic N) is 1. The van der Waals surface area contributed by atoms with Crippen LogP contribution in [-0.2, 0) is 0 Å². The average Bonchev–Trinajstić information content (AvgIpc) is 2.27. The van der Waals surface area contributed by atoms with Gasteiger partial charge < -0.3 is 5.11 Å². The summed E-state index contributed by atoms with van der Waals surface area (Å²) in [4.78, 5) is 23.8. The second-order valence-corrected chi connectivity index (χ2v) is 4.66. The standard InChI is InChI=1S/C14H12ClNO3/c1-8-6-12(18)13(9(2)17)14(19)16(8)11-5-3-4-10(15)7-11/h3-7,18H,1-2H3. The number of halogens is 1. The average molecular weight is 278 g/mol. The number of carbonyl (C=O) groups excluding carboxylic acids is 1. The number of aromatic hydroxyl groups is 1. The first kappa shape index (κ1) is 13.4. The van der Waals surface area contributed by atoms with Crippen LogP contribution < -0.4 is 5.56 Å². The third-order valence-electron chi connectivity index (χ3n) is 2.79. The number of hydrogen-bond acceptors (Lipinski definition) is 3. The van der Waals surface area contributed by atoms with E-state index in [2.05, 4.69) is 0 Å². The van der Waals surface area contributed by atoms with Crippen molar-refractivity contribution in [2.24, 2.45) is 0 Å². The molecule has 5 heteroatoms. The monoisotopic (exact) mass is 277 g/mol. The van der Waals surface area contributed by atoms with E-state index in [-0.39, 0.29) is 11.3 Å². The summed E-state index contributed by atoms with van der Waals surface area (Å²) in [5.74, 6) is -0.772. The Morgan fingerprint density at radius 3 is 2.58 bits per heavy atom. The molecule has 98 valence electrons. The summed E-state index contributed by atoms with van der Waals surface area (Å²) in [5.41, 5.74) is 0.310. The van der Waals surface area contributed by atoms with Crippen molar-refractivity contribution >= 4 is 17.4 Å². The van der Waals surface area contributed by atoms with Crippen molar-refractivity contribution in [1.82, 2.24) is 4.57 Å². The fourth-order valence-electron chi connectivity index (χ4n) is 1.98. The summed E-state index contributed by atoms with van der Waals surface area (Å²) in [6.45, 7) is 2.92. The van der Waals surface area contributed by atoms with Crippen LogP contribution in [0, 0.1) is 6.92 Å². The molecule has 1 heterocycles. The number of aromatic nitrogens is 1. The molecule has 4 nitrogen and oxygen atoms in total. The molecular formula is C14H12ClNO3. The Kier molecular flexibility index (Phi) is 3.44. The van der Waals surface area contributed by atoms with Gasteiger partial charge in [0.15, 0.2) is 5.78 Å².